The summed E-state index contributed by atoms with van der Waals surface area (Å²) in [5.74, 6) is -2.49. The number of alkyl carbamates (subject to hydrolysis) is 2. The molecule has 0 aromatic carbocycles. The predicted octanol–water partition coefficient (Wildman–Crippen LogP) is 2.69. The van der Waals surface area contributed by atoms with Gasteiger partial charge >= 0.3 is 24.1 Å². The second-order valence-electron chi connectivity index (χ2n) is 8.53. The van der Waals surface area contributed by atoms with Crippen LogP contribution in [-0.2, 0) is 23.8 Å². The number of halogens is 1. The van der Waals surface area contributed by atoms with Crippen molar-refractivity contribution in [2.24, 2.45) is 0 Å². The zero-order valence-electron chi connectivity index (χ0n) is 21.1. The van der Waals surface area contributed by atoms with E-state index in [1.165, 1.54) is 6.08 Å². The SMILES string of the molecule is C=CCBr.C=CCOC[C@H](NC(=O)OC(C)(C)C)C(=O)O.CC(C)(C)OC(=O)N[C@@H](CO)C(=O)O. The predicted molar refractivity (Wildman–Crippen MR) is 134 cm³/mol. The Balaban J connectivity index is -0.000000514. The molecule has 2 amide bonds. The second kappa shape index (κ2) is 19.6. The zero-order chi connectivity index (χ0) is 28.2. The quantitative estimate of drug-likeness (QED) is 0.149. The van der Waals surface area contributed by atoms with Gasteiger partial charge in [-0.1, -0.05) is 28.1 Å². The fraction of sp³-hybridized carbons (Fsp3) is 0.636. The van der Waals surface area contributed by atoms with E-state index in [2.05, 4.69) is 34.4 Å². The van der Waals surface area contributed by atoms with Crippen molar-refractivity contribution in [3.8, 4) is 0 Å². The van der Waals surface area contributed by atoms with Gasteiger partial charge < -0.3 is 40.2 Å². The van der Waals surface area contributed by atoms with E-state index in [1.807, 2.05) is 5.32 Å². The van der Waals surface area contributed by atoms with Crippen LogP contribution in [0.5, 0.6) is 0 Å². The molecule has 0 rings (SSSR count). The number of ether oxygens (including phenoxy) is 3. The molecule has 0 saturated heterocycles. The molecule has 13 heteroatoms. The minimum Gasteiger partial charge on any atom is -0.480 e. The first-order valence-corrected chi connectivity index (χ1v) is 11.5. The van der Waals surface area contributed by atoms with Crippen LogP contribution in [0.1, 0.15) is 41.5 Å². The normalized spacial score (nSPS) is 12.1. The highest BCUT2D eigenvalue weighted by atomic mass is 79.9. The molecule has 0 aromatic heterocycles. The van der Waals surface area contributed by atoms with Crippen molar-refractivity contribution >= 4 is 40.1 Å². The van der Waals surface area contributed by atoms with Gasteiger partial charge in [-0.3, -0.25) is 0 Å². The molecule has 0 unspecified atom stereocenters. The summed E-state index contributed by atoms with van der Waals surface area (Å²) in [7, 11) is 0. The maximum Gasteiger partial charge on any atom is 0.408 e. The molecule has 0 bridgehead atoms. The summed E-state index contributed by atoms with van der Waals surface area (Å²) in [4.78, 5) is 43.6. The number of alkyl halides is 1. The smallest absolute Gasteiger partial charge is 0.408 e. The van der Waals surface area contributed by atoms with Crippen molar-refractivity contribution in [2.45, 2.75) is 64.8 Å². The standard InChI is InChI=1S/C11H19NO5.C8H15NO5.C3H5Br/c1-5-6-16-7-8(9(13)14)12-10(15)17-11(2,3)4;1-8(2,3)14-7(13)9-5(4-10)6(11)12;1-2-3-4/h5,8H,1,6-7H2,2-4H3,(H,12,15)(H,13,14);5,10H,4H2,1-3H3,(H,9,13)(H,11,12);2H,1,3H2/t8-;5-;/m00./s1. The molecule has 0 aliphatic heterocycles. The van der Waals surface area contributed by atoms with Gasteiger partial charge in [0.15, 0.2) is 12.1 Å². The Bertz CT molecular complexity index is 672. The van der Waals surface area contributed by atoms with Crippen LogP contribution in [0.4, 0.5) is 9.59 Å². The number of carboxylic acids is 2. The molecule has 0 radical (unpaired) electrons. The van der Waals surface area contributed by atoms with Crippen LogP contribution < -0.4 is 10.6 Å². The van der Waals surface area contributed by atoms with E-state index in [0.717, 1.165) is 5.33 Å². The minimum absolute atomic E-state index is 0.138. The summed E-state index contributed by atoms with van der Waals surface area (Å²) in [5.41, 5.74) is -1.36. The van der Waals surface area contributed by atoms with Crippen LogP contribution in [0, 0.1) is 0 Å². The van der Waals surface area contributed by atoms with E-state index in [4.69, 9.17) is 29.5 Å². The van der Waals surface area contributed by atoms with Gasteiger partial charge in [0.2, 0.25) is 0 Å². The van der Waals surface area contributed by atoms with Crippen molar-refractivity contribution in [3.63, 3.8) is 0 Å². The Morgan fingerprint density at radius 3 is 1.49 bits per heavy atom. The maximum absolute atomic E-state index is 11.3. The average molecular weight is 571 g/mol. The number of aliphatic carboxylic acids is 2. The number of carboxylic acid groups (broad SMARTS) is 2. The van der Waals surface area contributed by atoms with Gasteiger partial charge in [0.25, 0.3) is 0 Å². The number of hydrogen-bond donors (Lipinski definition) is 5. The second-order valence-corrected chi connectivity index (χ2v) is 9.17. The lowest BCUT2D eigenvalue weighted by molar-refractivity contribution is -0.141. The fourth-order valence-electron chi connectivity index (χ4n) is 1.53. The maximum atomic E-state index is 11.3. The Morgan fingerprint density at radius 1 is 0.857 bits per heavy atom. The zero-order valence-corrected chi connectivity index (χ0v) is 22.7. The van der Waals surface area contributed by atoms with Crippen LogP contribution in [0.3, 0.4) is 0 Å². The molecular weight excluding hydrogens is 532 g/mol. The Hall–Kier alpha value is -2.64. The fourth-order valence-corrected chi connectivity index (χ4v) is 1.53. The van der Waals surface area contributed by atoms with E-state index in [0.29, 0.717) is 0 Å². The van der Waals surface area contributed by atoms with Gasteiger partial charge in [0.1, 0.15) is 11.2 Å². The van der Waals surface area contributed by atoms with Crippen molar-refractivity contribution in [1.29, 1.82) is 0 Å². The monoisotopic (exact) mass is 570 g/mol. The molecule has 0 aliphatic rings. The van der Waals surface area contributed by atoms with E-state index >= 15 is 0 Å². The third-order valence-electron chi connectivity index (χ3n) is 2.79. The number of carbonyl (C=O) groups excluding carboxylic acids is 2. The highest BCUT2D eigenvalue weighted by molar-refractivity contribution is 9.09. The van der Waals surface area contributed by atoms with Gasteiger partial charge in [-0.05, 0) is 41.5 Å². The molecule has 5 N–H and O–H groups in total. The summed E-state index contributed by atoms with van der Waals surface area (Å²) in [6.45, 7) is 16.3. The molecule has 35 heavy (non-hydrogen) atoms. The number of carbonyl (C=O) groups is 4. The first-order valence-electron chi connectivity index (χ1n) is 10.3. The molecule has 0 saturated carbocycles. The molecule has 12 nitrogen and oxygen atoms in total. The van der Waals surface area contributed by atoms with E-state index in [9.17, 15) is 19.2 Å². The number of aliphatic hydroxyl groups excluding tert-OH is 1. The summed E-state index contributed by atoms with van der Waals surface area (Å²) in [6, 6.07) is -2.46. The number of nitrogens with one attached hydrogen (secondary N) is 2. The van der Waals surface area contributed by atoms with Crippen LogP contribution in [0.2, 0.25) is 0 Å². The third kappa shape index (κ3) is 27.5. The lowest BCUT2D eigenvalue weighted by Gasteiger charge is -2.21. The van der Waals surface area contributed by atoms with Crippen molar-refractivity contribution in [1.82, 2.24) is 10.6 Å². The van der Waals surface area contributed by atoms with Crippen LogP contribution >= 0.6 is 15.9 Å². The molecule has 2 atom stereocenters. The van der Waals surface area contributed by atoms with Crippen LogP contribution in [-0.4, -0.2) is 87.9 Å². The minimum atomic E-state index is -1.33. The Morgan fingerprint density at radius 2 is 1.23 bits per heavy atom. The summed E-state index contributed by atoms with van der Waals surface area (Å²) in [5, 5.41) is 31.0. The van der Waals surface area contributed by atoms with E-state index in [1.54, 1.807) is 47.6 Å². The molecule has 0 aromatic rings. The van der Waals surface area contributed by atoms with Crippen molar-refractivity contribution in [2.75, 3.05) is 25.2 Å². The average Bonchev–Trinajstić information content (AvgIpc) is 2.69. The Kier molecular flexibility index (Phi) is 20.7. The van der Waals surface area contributed by atoms with Crippen molar-refractivity contribution in [3.05, 3.63) is 25.3 Å². The van der Waals surface area contributed by atoms with Crippen LogP contribution in [0.15, 0.2) is 25.3 Å². The number of rotatable bonds is 10. The highest BCUT2D eigenvalue weighted by Gasteiger charge is 2.24. The molecule has 0 spiro atoms. The number of amides is 2. The topological polar surface area (TPSA) is 181 Å². The molecule has 0 aliphatic carbocycles. The van der Waals surface area contributed by atoms with Gasteiger partial charge in [-0.25, -0.2) is 19.2 Å². The number of hydrogen-bond acceptors (Lipinski definition) is 8. The van der Waals surface area contributed by atoms with Gasteiger partial charge in [-0.15, -0.1) is 13.2 Å². The number of allylic oxidation sites excluding steroid dienone is 1. The summed E-state index contributed by atoms with van der Waals surface area (Å²) >= 11 is 3.13. The van der Waals surface area contributed by atoms with E-state index < -0.39 is 54.0 Å². The number of aliphatic hydroxyl groups is 1. The lowest BCUT2D eigenvalue weighted by atomic mass is 10.2. The largest absolute Gasteiger partial charge is 0.480 e. The van der Waals surface area contributed by atoms with Gasteiger partial charge in [0.05, 0.1) is 19.8 Å². The molecule has 0 heterocycles. The highest BCUT2D eigenvalue weighted by Crippen LogP contribution is 2.07. The third-order valence-corrected chi connectivity index (χ3v) is 3.25. The lowest BCUT2D eigenvalue weighted by Crippen LogP contribution is -2.46. The first kappa shape index (κ1) is 36.9. The van der Waals surface area contributed by atoms with Crippen LogP contribution in [0.25, 0.3) is 0 Å². The summed E-state index contributed by atoms with van der Waals surface area (Å²) < 4.78 is 14.7. The Labute approximate surface area is 214 Å². The molecule has 0 fully saturated rings. The first-order chi connectivity index (χ1) is 15.9. The van der Waals surface area contributed by atoms with E-state index in [-0.39, 0.29) is 13.2 Å². The van der Waals surface area contributed by atoms with Gasteiger partial charge in [-0.2, -0.15) is 0 Å². The molecule has 204 valence electrons. The van der Waals surface area contributed by atoms with Crippen molar-refractivity contribution < 1.29 is 48.7 Å². The molecular formula is C22H39BrN2O10. The van der Waals surface area contributed by atoms with Gasteiger partial charge in [0, 0.05) is 5.33 Å². The summed E-state index contributed by atoms with van der Waals surface area (Å²) in [6.07, 6.45) is 1.64.